The molecule has 11 heteroatoms. The molecule has 0 fully saturated rings. The van der Waals surface area contributed by atoms with Gasteiger partial charge in [-0.1, -0.05) is 0 Å². The Kier molecular flexibility index (Phi) is 76.7. The Hall–Kier alpha value is 5.36. The van der Waals surface area contributed by atoms with E-state index < -0.39 is 0 Å². The maximum Gasteiger partial charge on any atom is 3.00 e. The molecule has 3 radical (unpaired) electrons. The van der Waals surface area contributed by atoms with Crippen LogP contribution in [0.25, 0.3) is 0 Å². The van der Waals surface area contributed by atoms with Gasteiger partial charge in [0, 0.05) is 168 Å². The summed E-state index contributed by atoms with van der Waals surface area (Å²) in [7, 11) is 0. The third kappa shape index (κ3) is 34.0. The molecule has 0 unspecified atom stereocenters. The maximum atomic E-state index is 3.67. The zero-order chi connectivity index (χ0) is 13.2. The minimum atomic E-state index is 0. The predicted molar refractivity (Wildman–Crippen MR) is 82.8 cm³/mol. The molecule has 3 aromatic rings. The van der Waals surface area contributed by atoms with Gasteiger partial charge in [-0.15, -0.1) is 16.1 Å². The second-order valence-electron chi connectivity index (χ2n) is 3.06. The van der Waals surface area contributed by atoms with Gasteiger partial charge in [-0.05, 0) is 0 Å². The van der Waals surface area contributed by atoms with Crippen molar-refractivity contribution in [2.45, 2.75) is 0 Å². The fourth-order valence-corrected chi connectivity index (χ4v) is 2.08. The summed E-state index contributed by atoms with van der Waals surface area (Å²) in [6, 6.07) is 11.4. The summed E-state index contributed by atoms with van der Waals surface area (Å²) in [6.07, 6.45) is 0. The zero-order valence-corrected chi connectivity index (χ0v) is 37.7. The Labute approximate surface area is 315 Å². The minimum Gasteiger partial charge on any atom is -0.316 e. The van der Waals surface area contributed by atoms with Crippen LogP contribution in [0.15, 0.2) is 36.4 Å². The van der Waals surface area contributed by atoms with Crippen molar-refractivity contribution in [3.8, 4) is 0 Å². The molecule has 0 aliphatic rings. The van der Waals surface area contributed by atoms with Crippen LogP contribution in [0.4, 0.5) is 0 Å². The zero-order valence-electron chi connectivity index (χ0n) is 13.6. The second-order valence-corrected chi connectivity index (χ2v) is 5.95. The summed E-state index contributed by atoms with van der Waals surface area (Å²) >= 11 is 4.62. The Bertz CT molecular complexity index is 434. The normalized spacial score (nSPS) is 6.00. The number of hydrogen-bond donors (Lipinski definition) is 0. The van der Waals surface area contributed by atoms with Crippen LogP contribution in [0.2, 0.25) is 0 Å². The monoisotopic (exact) mass is 1340 g/mol. The van der Waals surface area contributed by atoms with E-state index in [1.165, 1.54) is 0 Å². The van der Waals surface area contributed by atoms with Gasteiger partial charge in [-0.3, -0.25) is 20.8 Å². The van der Waals surface area contributed by atoms with Crippen molar-refractivity contribution in [1.82, 2.24) is 0 Å². The van der Waals surface area contributed by atoms with Crippen LogP contribution in [0.3, 0.4) is 0 Å². The fourth-order valence-electron chi connectivity index (χ4n) is 0.812. The van der Waals surface area contributed by atoms with E-state index in [2.05, 4.69) is 36.9 Å². The van der Waals surface area contributed by atoms with Gasteiger partial charge in [0.15, 0.2) is 0 Å². The van der Waals surface area contributed by atoms with Gasteiger partial charge in [-0.25, -0.2) is 32.8 Å². The molecule has 0 aliphatic heterocycles. The molecule has 0 aromatic carbocycles. The smallest absolute Gasteiger partial charge is 0.316 e. The van der Waals surface area contributed by atoms with Crippen LogP contribution in [0.5, 0.6) is 0 Å². The molecular weight excluding hydrogens is 1330 g/mol. The first-order chi connectivity index (χ1) is 8.68. The number of rotatable bonds is 0. The molecular formula is C15H12S3VW4Y3-3. The fraction of sp³-hybridized carbons (Fsp3) is 0. The van der Waals surface area contributed by atoms with E-state index in [0.29, 0.717) is 0 Å². The van der Waals surface area contributed by atoms with E-state index >= 15 is 0 Å². The molecule has 0 atom stereocenters. The molecule has 131 valence electrons. The van der Waals surface area contributed by atoms with Crippen molar-refractivity contribution in [3.63, 3.8) is 0 Å². The van der Waals surface area contributed by atoms with Gasteiger partial charge in [0.1, 0.15) is 0 Å². The molecule has 0 spiro atoms. The topological polar surface area (TPSA) is 0 Å². The molecule has 0 bridgehead atoms. The molecule has 0 N–H and O–H groups in total. The first-order valence-corrected chi connectivity index (χ1v) is 7.47. The average molecular weight is 1340 g/mol. The first-order valence-electron chi connectivity index (χ1n) is 5.02. The Morgan fingerprint density at radius 2 is 0.769 bits per heavy atom. The third-order valence-corrected chi connectivity index (χ3v) is 3.54. The van der Waals surface area contributed by atoms with Crippen molar-refractivity contribution in [1.29, 1.82) is 0 Å². The minimum absolute atomic E-state index is 0. The van der Waals surface area contributed by atoms with Gasteiger partial charge in [0.2, 0.25) is 0 Å². The van der Waals surface area contributed by atoms with Crippen molar-refractivity contribution < 1.29 is 201 Å². The molecule has 0 amide bonds. The quantitative estimate of drug-likeness (QED) is 0.273. The third-order valence-electron chi connectivity index (χ3n) is 1.58. The molecule has 3 heterocycles. The Morgan fingerprint density at radius 3 is 0.808 bits per heavy atom. The molecule has 26 heavy (non-hydrogen) atoms. The summed E-state index contributed by atoms with van der Waals surface area (Å²) in [5.74, 6) is 0. The van der Waals surface area contributed by atoms with Crippen LogP contribution in [0.1, 0.15) is 14.6 Å². The van der Waals surface area contributed by atoms with Crippen LogP contribution in [-0.2, 0) is 201 Å². The van der Waals surface area contributed by atoms with E-state index in [-0.39, 0.29) is 201 Å². The summed E-state index contributed by atoms with van der Waals surface area (Å²) < 4.78 is 0. The van der Waals surface area contributed by atoms with E-state index in [1.807, 2.05) is 36.4 Å². The molecule has 0 saturated carbocycles. The molecule has 0 nitrogen and oxygen atoms in total. The standard InChI is InChI=1S/3C5H4S.V.4W.3Y/c3*1-5-3-2-4-6-5;;;;;;;;/h3*2-3H,1H2;;;;;;;;/q3*-2;;;;;;;;+3. The van der Waals surface area contributed by atoms with Gasteiger partial charge in [0.25, 0.3) is 0 Å². The molecule has 0 aliphatic carbocycles. The summed E-state index contributed by atoms with van der Waals surface area (Å²) in [6.45, 7) is 11.0. The summed E-state index contributed by atoms with van der Waals surface area (Å²) in [5, 5.41) is 8.73. The van der Waals surface area contributed by atoms with Gasteiger partial charge < -0.3 is 34.0 Å². The van der Waals surface area contributed by atoms with E-state index in [4.69, 9.17) is 0 Å². The van der Waals surface area contributed by atoms with Crippen molar-refractivity contribution in [2.24, 2.45) is 0 Å². The van der Waals surface area contributed by atoms with E-state index in [1.54, 1.807) is 34.0 Å². The van der Waals surface area contributed by atoms with E-state index in [0.717, 1.165) is 14.6 Å². The Morgan fingerprint density at radius 1 is 0.577 bits per heavy atom. The van der Waals surface area contributed by atoms with Gasteiger partial charge in [-0.2, -0.15) is 18.2 Å². The largest absolute Gasteiger partial charge is 3.00 e. The maximum absolute atomic E-state index is 3.67. The van der Waals surface area contributed by atoms with Crippen molar-refractivity contribution in [2.75, 3.05) is 0 Å². The van der Waals surface area contributed by atoms with Crippen LogP contribution in [-0.4, -0.2) is 0 Å². The summed E-state index contributed by atoms with van der Waals surface area (Å²) in [4.78, 5) is 3.24. The molecule has 3 aromatic heterocycles. The van der Waals surface area contributed by atoms with Crippen LogP contribution in [0, 0.1) is 36.9 Å². The number of thiophene rings is 3. The second kappa shape index (κ2) is 37.7. The Balaban J connectivity index is -0.0000000270. The average Bonchev–Trinajstić information content (AvgIpc) is 3.05. The SMILES string of the molecule is [CH2-]c1cc[c-]s1.[CH2-]c1cc[c-]s1.[CH2-]c1cc[c-]s1.[V].[W].[W].[W].[W].[Y+3].[Y].[Y]. The van der Waals surface area contributed by atoms with Crippen LogP contribution >= 0.6 is 34.0 Å². The van der Waals surface area contributed by atoms with Gasteiger partial charge in [0.05, 0.1) is 0 Å². The molecule has 3 rings (SSSR count). The van der Waals surface area contributed by atoms with Crippen molar-refractivity contribution in [3.05, 3.63) is 87.9 Å². The number of hydrogen-bond acceptors (Lipinski definition) is 3. The van der Waals surface area contributed by atoms with Crippen LogP contribution < -0.4 is 0 Å². The predicted octanol–water partition coefficient (Wildman–Crippen LogP) is 5.17. The summed E-state index contributed by atoms with van der Waals surface area (Å²) in [5.41, 5.74) is 0. The van der Waals surface area contributed by atoms with Crippen molar-refractivity contribution >= 4 is 34.0 Å². The molecule has 0 saturated heterocycles. The van der Waals surface area contributed by atoms with Gasteiger partial charge >= 0.3 is 32.7 Å². The first kappa shape index (κ1) is 53.0. The van der Waals surface area contributed by atoms with E-state index in [9.17, 15) is 0 Å².